The zero-order valence-corrected chi connectivity index (χ0v) is 13.0. The molecule has 0 aromatic heterocycles. The number of carbonyl (C=O) groups is 1. The Labute approximate surface area is 129 Å². The molecule has 1 aliphatic rings. The Balaban J connectivity index is 0.00000220. The molecule has 1 aromatic rings. The molecule has 0 atom stereocenters. The van der Waals surface area contributed by atoms with E-state index in [1.54, 1.807) is 4.90 Å². The molecule has 0 saturated carbocycles. The summed E-state index contributed by atoms with van der Waals surface area (Å²) >= 11 is 0. The number of amides is 1. The van der Waals surface area contributed by atoms with Crippen LogP contribution in [-0.4, -0.2) is 51.2 Å². The molecular formula is C14H20ClFN2O3. The molecule has 5 nitrogen and oxygen atoms in total. The normalized spacial score (nSPS) is 14.9. The number of nitrogens with zero attached hydrogens (tertiary/aromatic N) is 1. The van der Waals surface area contributed by atoms with E-state index in [-0.39, 0.29) is 29.6 Å². The van der Waals surface area contributed by atoms with Gasteiger partial charge in [0.15, 0.2) is 11.5 Å². The van der Waals surface area contributed by atoms with Crippen LogP contribution in [0.25, 0.3) is 0 Å². The fourth-order valence-corrected chi connectivity index (χ4v) is 2.24. The number of carbonyl (C=O) groups excluding carboxylic acids is 1. The van der Waals surface area contributed by atoms with Crippen molar-refractivity contribution in [2.45, 2.75) is 6.42 Å². The maximum atomic E-state index is 14.1. The minimum Gasteiger partial charge on any atom is -0.493 e. The summed E-state index contributed by atoms with van der Waals surface area (Å²) in [5.74, 6) is -0.277. The maximum Gasteiger partial charge on any atom is 0.257 e. The van der Waals surface area contributed by atoms with E-state index < -0.39 is 5.82 Å². The van der Waals surface area contributed by atoms with Gasteiger partial charge in [-0.2, -0.15) is 0 Å². The average molecular weight is 319 g/mol. The van der Waals surface area contributed by atoms with E-state index in [4.69, 9.17) is 9.47 Å². The molecule has 1 aromatic carbocycles. The largest absolute Gasteiger partial charge is 0.493 e. The van der Waals surface area contributed by atoms with Crippen LogP contribution >= 0.6 is 12.4 Å². The number of rotatable bonds is 3. The number of benzene rings is 1. The second kappa shape index (κ2) is 8.05. The van der Waals surface area contributed by atoms with Crippen LogP contribution in [-0.2, 0) is 0 Å². The smallest absolute Gasteiger partial charge is 0.257 e. The summed E-state index contributed by atoms with van der Waals surface area (Å²) in [7, 11) is 2.89. The number of ether oxygens (including phenoxy) is 2. The third-order valence-corrected chi connectivity index (χ3v) is 3.33. The molecule has 1 N–H and O–H groups in total. The summed E-state index contributed by atoms with van der Waals surface area (Å²) in [6.45, 7) is 2.80. The topological polar surface area (TPSA) is 50.8 Å². The highest BCUT2D eigenvalue weighted by Gasteiger charge is 2.22. The van der Waals surface area contributed by atoms with Crippen molar-refractivity contribution in [1.29, 1.82) is 0 Å². The van der Waals surface area contributed by atoms with Gasteiger partial charge in [-0.1, -0.05) is 0 Å². The van der Waals surface area contributed by atoms with Gasteiger partial charge in [0.05, 0.1) is 19.8 Å². The fourth-order valence-electron chi connectivity index (χ4n) is 2.24. The van der Waals surface area contributed by atoms with Gasteiger partial charge in [0.2, 0.25) is 0 Å². The first kappa shape index (κ1) is 17.5. The Morgan fingerprint density at radius 1 is 1.19 bits per heavy atom. The van der Waals surface area contributed by atoms with Gasteiger partial charge in [0, 0.05) is 25.7 Å². The van der Waals surface area contributed by atoms with Gasteiger partial charge < -0.3 is 19.7 Å². The molecule has 1 aliphatic heterocycles. The average Bonchev–Trinajstić information content (AvgIpc) is 2.75. The lowest BCUT2D eigenvalue weighted by Crippen LogP contribution is -2.34. The highest BCUT2D eigenvalue weighted by molar-refractivity contribution is 5.95. The number of halogens is 2. The van der Waals surface area contributed by atoms with Crippen molar-refractivity contribution < 1.29 is 18.7 Å². The Kier molecular flexibility index (Phi) is 6.71. The Bertz CT molecular complexity index is 491. The number of hydrogen-bond acceptors (Lipinski definition) is 4. The lowest BCUT2D eigenvalue weighted by molar-refractivity contribution is 0.0761. The van der Waals surface area contributed by atoms with E-state index in [1.165, 1.54) is 26.4 Å². The van der Waals surface area contributed by atoms with Crippen molar-refractivity contribution in [2.24, 2.45) is 0 Å². The highest BCUT2D eigenvalue weighted by Crippen LogP contribution is 2.30. The molecule has 1 fully saturated rings. The van der Waals surface area contributed by atoms with E-state index in [2.05, 4.69) is 5.32 Å². The van der Waals surface area contributed by atoms with Crippen LogP contribution in [0.5, 0.6) is 11.5 Å². The van der Waals surface area contributed by atoms with Crippen LogP contribution in [0, 0.1) is 5.82 Å². The van der Waals surface area contributed by atoms with Gasteiger partial charge in [-0.05, 0) is 19.0 Å². The van der Waals surface area contributed by atoms with Crippen molar-refractivity contribution in [3.8, 4) is 11.5 Å². The Morgan fingerprint density at radius 2 is 1.86 bits per heavy atom. The van der Waals surface area contributed by atoms with E-state index in [9.17, 15) is 9.18 Å². The monoisotopic (exact) mass is 318 g/mol. The van der Waals surface area contributed by atoms with Crippen LogP contribution in [0.15, 0.2) is 12.1 Å². The van der Waals surface area contributed by atoms with Crippen molar-refractivity contribution in [2.75, 3.05) is 40.4 Å². The first-order chi connectivity index (χ1) is 9.67. The number of methoxy groups -OCH3 is 2. The fraction of sp³-hybridized carbons (Fsp3) is 0.500. The summed E-state index contributed by atoms with van der Waals surface area (Å²) in [6.07, 6.45) is 0.862. The van der Waals surface area contributed by atoms with Crippen LogP contribution < -0.4 is 14.8 Å². The van der Waals surface area contributed by atoms with Crippen LogP contribution in [0.2, 0.25) is 0 Å². The van der Waals surface area contributed by atoms with Crippen molar-refractivity contribution in [3.05, 3.63) is 23.5 Å². The predicted molar refractivity (Wildman–Crippen MR) is 80.1 cm³/mol. The molecule has 0 aliphatic carbocycles. The number of hydrogen-bond donors (Lipinski definition) is 1. The maximum absolute atomic E-state index is 14.1. The number of nitrogens with one attached hydrogen (secondary N) is 1. The second-order valence-corrected chi connectivity index (χ2v) is 4.58. The van der Waals surface area contributed by atoms with Crippen LogP contribution in [0.1, 0.15) is 16.8 Å². The minimum atomic E-state index is -0.593. The Morgan fingerprint density at radius 3 is 2.52 bits per heavy atom. The Hall–Kier alpha value is -1.53. The van der Waals surface area contributed by atoms with E-state index in [0.717, 1.165) is 19.5 Å². The molecule has 0 bridgehead atoms. The minimum absolute atomic E-state index is 0. The highest BCUT2D eigenvalue weighted by atomic mass is 35.5. The zero-order chi connectivity index (χ0) is 14.5. The summed E-state index contributed by atoms with van der Waals surface area (Å²) < 4.78 is 24.2. The standard InChI is InChI=1S/C14H19FN2O3.ClH/c1-19-12-8-10(11(15)9-13(12)20-2)14(18)17-6-3-4-16-5-7-17;/h8-9,16H,3-7H2,1-2H3;1H. The molecule has 118 valence electrons. The van der Waals surface area contributed by atoms with E-state index in [0.29, 0.717) is 18.8 Å². The quantitative estimate of drug-likeness (QED) is 0.921. The van der Waals surface area contributed by atoms with Gasteiger partial charge in [-0.3, -0.25) is 4.79 Å². The summed E-state index contributed by atoms with van der Waals surface area (Å²) in [4.78, 5) is 14.1. The second-order valence-electron chi connectivity index (χ2n) is 4.58. The summed E-state index contributed by atoms with van der Waals surface area (Å²) in [5, 5.41) is 3.21. The van der Waals surface area contributed by atoms with Crippen molar-refractivity contribution in [3.63, 3.8) is 0 Å². The summed E-state index contributed by atoms with van der Waals surface area (Å²) in [6, 6.07) is 2.58. The third-order valence-electron chi connectivity index (χ3n) is 3.33. The lowest BCUT2D eigenvalue weighted by Gasteiger charge is -2.21. The molecule has 1 heterocycles. The first-order valence-corrected chi connectivity index (χ1v) is 6.59. The van der Waals surface area contributed by atoms with Gasteiger partial charge in [-0.15, -0.1) is 12.4 Å². The molecule has 0 radical (unpaired) electrons. The van der Waals surface area contributed by atoms with E-state index >= 15 is 0 Å². The molecule has 1 amide bonds. The molecule has 2 rings (SSSR count). The predicted octanol–water partition coefficient (Wildman–Crippen LogP) is 1.70. The molecule has 0 spiro atoms. The van der Waals surface area contributed by atoms with Crippen LogP contribution in [0.4, 0.5) is 4.39 Å². The van der Waals surface area contributed by atoms with Gasteiger partial charge >= 0.3 is 0 Å². The van der Waals surface area contributed by atoms with Crippen molar-refractivity contribution in [1.82, 2.24) is 10.2 Å². The SMILES string of the molecule is COc1cc(F)c(C(=O)N2CCCNCC2)cc1OC.Cl. The zero-order valence-electron chi connectivity index (χ0n) is 12.1. The molecule has 0 unspecified atom stereocenters. The molecule has 1 saturated heterocycles. The molecular weight excluding hydrogens is 299 g/mol. The van der Waals surface area contributed by atoms with Crippen molar-refractivity contribution >= 4 is 18.3 Å². The van der Waals surface area contributed by atoms with Gasteiger partial charge in [0.1, 0.15) is 5.82 Å². The first-order valence-electron chi connectivity index (χ1n) is 6.59. The third kappa shape index (κ3) is 3.98. The van der Waals surface area contributed by atoms with Crippen LogP contribution in [0.3, 0.4) is 0 Å². The molecule has 7 heteroatoms. The lowest BCUT2D eigenvalue weighted by atomic mass is 10.1. The molecule has 21 heavy (non-hydrogen) atoms. The van der Waals surface area contributed by atoms with Gasteiger partial charge in [-0.25, -0.2) is 4.39 Å². The summed E-state index contributed by atoms with van der Waals surface area (Å²) in [5.41, 5.74) is 0.0181. The van der Waals surface area contributed by atoms with E-state index in [1.807, 2.05) is 0 Å². The van der Waals surface area contributed by atoms with Gasteiger partial charge in [0.25, 0.3) is 5.91 Å².